The summed E-state index contributed by atoms with van der Waals surface area (Å²) in [4.78, 5) is 22.8. The molecule has 0 aromatic rings. The number of hydrogen-bond acceptors (Lipinski definition) is 6. The molecule has 0 aromatic heterocycles. The van der Waals surface area contributed by atoms with Crippen molar-refractivity contribution < 1.29 is 24.5 Å². The maximum absolute atomic E-state index is 11.4. The molecule has 0 radical (unpaired) electrons. The van der Waals surface area contributed by atoms with Crippen LogP contribution in [0.15, 0.2) is 0 Å². The van der Waals surface area contributed by atoms with Gasteiger partial charge in [-0.05, 0) is 12.8 Å². The lowest BCUT2D eigenvalue weighted by Crippen LogP contribution is -2.47. The normalized spacial score (nSPS) is 15.4. The van der Waals surface area contributed by atoms with Crippen molar-refractivity contribution in [2.45, 2.75) is 58.0 Å². The third-order valence-corrected chi connectivity index (χ3v) is 2.48. The van der Waals surface area contributed by atoms with Gasteiger partial charge in [0.25, 0.3) is 5.91 Å². The molecule has 0 heterocycles. The molecule has 0 saturated carbocycles. The molecular weight excluding hydrogens is 252 g/mol. The van der Waals surface area contributed by atoms with Gasteiger partial charge in [0.05, 0.1) is 0 Å². The van der Waals surface area contributed by atoms with Crippen molar-refractivity contribution in [2.75, 3.05) is 6.54 Å². The van der Waals surface area contributed by atoms with Gasteiger partial charge in [0.1, 0.15) is 0 Å². The fraction of sp³-hybridized carbons (Fsp3) is 0.833. The van der Waals surface area contributed by atoms with Crippen molar-refractivity contribution in [3.63, 3.8) is 0 Å². The smallest absolute Gasteiger partial charge is 0.339 e. The third-order valence-electron chi connectivity index (χ3n) is 2.48. The van der Waals surface area contributed by atoms with Gasteiger partial charge in [0, 0.05) is 6.54 Å². The second-order valence-corrected chi connectivity index (χ2v) is 4.30. The van der Waals surface area contributed by atoms with Gasteiger partial charge < -0.3 is 20.3 Å². The summed E-state index contributed by atoms with van der Waals surface area (Å²) in [5, 5.41) is 21.4. The van der Waals surface area contributed by atoms with Crippen LogP contribution in [-0.4, -0.2) is 47.1 Å². The molecule has 0 spiro atoms. The Kier molecular flexibility index (Phi) is 9.11. The number of unbranched alkanes of at least 4 members (excludes halogenated alkanes) is 1. The number of amides is 1. The van der Waals surface area contributed by atoms with E-state index in [1.54, 1.807) is 0 Å². The highest BCUT2D eigenvalue weighted by Crippen LogP contribution is 2.02. The predicted molar refractivity (Wildman–Crippen MR) is 68.9 cm³/mol. The number of esters is 1. The number of nitrogens with one attached hydrogen (secondary N) is 1. The van der Waals surface area contributed by atoms with Crippen LogP contribution in [0.5, 0.6) is 0 Å². The number of hydrogen-bond donors (Lipinski definition) is 4. The van der Waals surface area contributed by atoms with E-state index in [9.17, 15) is 19.8 Å². The van der Waals surface area contributed by atoms with Crippen LogP contribution in [0.4, 0.5) is 0 Å². The summed E-state index contributed by atoms with van der Waals surface area (Å²) in [5.74, 6) is -1.90. The van der Waals surface area contributed by atoms with Crippen molar-refractivity contribution >= 4 is 11.9 Å². The number of carbonyl (C=O) groups is 2. The highest BCUT2D eigenvalue weighted by atomic mass is 16.6. The molecule has 0 fully saturated rings. The number of aliphatic hydroxyl groups excluding tert-OH is 2. The van der Waals surface area contributed by atoms with E-state index in [0.717, 1.165) is 12.8 Å². The zero-order valence-electron chi connectivity index (χ0n) is 11.5. The molecule has 0 bridgehead atoms. The van der Waals surface area contributed by atoms with E-state index >= 15 is 0 Å². The first-order chi connectivity index (χ1) is 8.93. The molecule has 19 heavy (non-hydrogen) atoms. The van der Waals surface area contributed by atoms with E-state index in [2.05, 4.69) is 5.32 Å². The first-order valence-corrected chi connectivity index (χ1v) is 6.53. The Balaban J connectivity index is 4.19. The first kappa shape index (κ1) is 17.8. The van der Waals surface area contributed by atoms with Crippen LogP contribution in [0.25, 0.3) is 0 Å². The minimum atomic E-state index is -1.93. The van der Waals surface area contributed by atoms with Gasteiger partial charge in [-0.25, -0.2) is 4.79 Å². The van der Waals surface area contributed by atoms with Crippen molar-refractivity contribution in [3.05, 3.63) is 0 Å². The molecule has 5 N–H and O–H groups in total. The fourth-order valence-corrected chi connectivity index (χ4v) is 1.33. The molecule has 3 unspecified atom stereocenters. The second-order valence-electron chi connectivity index (χ2n) is 4.30. The summed E-state index contributed by atoms with van der Waals surface area (Å²) >= 11 is 0. The molecule has 112 valence electrons. The highest BCUT2D eigenvalue weighted by Gasteiger charge is 2.32. The standard InChI is InChI=1S/C12H24N2O5/c1-3-5-7-14-11(17)9(15)10(16)12(18)19-8(13)6-4-2/h8-10,15-16H,3-7,13H2,1-2H3,(H,14,17). The molecule has 1 amide bonds. The number of ether oxygens (including phenoxy) is 1. The van der Waals surface area contributed by atoms with E-state index in [0.29, 0.717) is 19.4 Å². The molecule has 0 saturated heterocycles. The van der Waals surface area contributed by atoms with Crippen LogP contribution in [0.2, 0.25) is 0 Å². The van der Waals surface area contributed by atoms with E-state index in [4.69, 9.17) is 10.5 Å². The average molecular weight is 276 g/mol. The predicted octanol–water partition coefficient (Wildman–Crippen LogP) is -0.747. The molecule has 0 aliphatic heterocycles. The first-order valence-electron chi connectivity index (χ1n) is 6.53. The van der Waals surface area contributed by atoms with Gasteiger partial charge in [0.2, 0.25) is 0 Å². The number of carbonyl (C=O) groups excluding carboxylic acids is 2. The number of aliphatic hydroxyl groups is 2. The summed E-state index contributed by atoms with van der Waals surface area (Å²) in [7, 11) is 0. The summed E-state index contributed by atoms with van der Waals surface area (Å²) in [6.45, 7) is 4.19. The molecule has 0 aliphatic rings. The Labute approximate surface area is 113 Å². The van der Waals surface area contributed by atoms with Crippen molar-refractivity contribution in [3.8, 4) is 0 Å². The Hall–Kier alpha value is -1.18. The second kappa shape index (κ2) is 9.71. The monoisotopic (exact) mass is 276 g/mol. The zero-order chi connectivity index (χ0) is 14.8. The number of nitrogens with two attached hydrogens (primary N) is 1. The topological polar surface area (TPSA) is 122 Å². The van der Waals surface area contributed by atoms with Crippen LogP contribution in [0.1, 0.15) is 39.5 Å². The molecule has 0 rings (SSSR count). The van der Waals surface area contributed by atoms with Crippen molar-refractivity contribution in [1.29, 1.82) is 0 Å². The Morgan fingerprint density at radius 3 is 2.37 bits per heavy atom. The van der Waals surface area contributed by atoms with E-state index in [-0.39, 0.29) is 0 Å². The Morgan fingerprint density at radius 2 is 1.84 bits per heavy atom. The molecule has 0 aromatic carbocycles. The summed E-state index contributed by atoms with van der Waals surface area (Å²) < 4.78 is 4.70. The maximum Gasteiger partial charge on any atom is 0.339 e. The quantitative estimate of drug-likeness (QED) is 0.250. The summed E-state index contributed by atoms with van der Waals surface area (Å²) in [6.07, 6.45) is -1.83. The van der Waals surface area contributed by atoms with Gasteiger partial charge in [-0.2, -0.15) is 0 Å². The van der Waals surface area contributed by atoms with Gasteiger partial charge in [-0.3, -0.25) is 10.5 Å². The van der Waals surface area contributed by atoms with Gasteiger partial charge in [-0.1, -0.05) is 26.7 Å². The summed E-state index contributed by atoms with van der Waals surface area (Å²) in [5.41, 5.74) is 5.46. The minimum absolute atomic E-state index is 0.378. The number of rotatable bonds is 9. The van der Waals surface area contributed by atoms with E-state index < -0.39 is 30.3 Å². The van der Waals surface area contributed by atoms with Crippen LogP contribution in [-0.2, 0) is 14.3 Å². The van der Waals surface area contributed by atoms with E-state index in [1.807, 2.05) is 13.8 Å². The van der Waals surface area contributed by atoms with Crippen LogP contribution >= 0.6 is 0 Å². The van der Waals surface area contributed by atoms with Crippen molar-refractivity contribution in [2.24, 2.45) is 5.73 Å². The Morgan fingerprint density at radius 1 is 1.21 bits per heavy atom. The SMILES string of the molecule is CCCCNC(=O)C(O)C(O)C(=O)OC(N)CCC. The van der Waals surface area contributed by atoms with Crippen LogP contribution in [0, 0.1) is 0 Å². The fourth-order valence-electron chi connectivity index (χ4n) is 1.33. The highest BCUT2D eigenvalue weighted by molar-refractivity contribution is 5.88. The van der Waals surface area contributed by atoms with Crippen molar-refractivity contribution in [1.82, 2.24) is 5.32 Å². The van der Waals surface area contributed by atoms with Gasteiger partial charge in [-0.15, -0.1) is 0 Å². The third kappa shape index (κ3) is 7.09. The lowest BCUT2D eigenvalue weighted by molar-refractivity contribution is -0.168. The maximum atomic E-state index is 11.4. The molecule has 7 heteroatoms. The zero-order valence-corrected chi connectivity index (χ0v) is 11.5. The van der Waals surface area contributed by atoms with E-state index in [1.165, 1.54) is 0 Å². The van der Waals surface area contributed by atoms with Gasteiger partial charge in [0.15, 0.2) is 18.4 Å². The van der Waals surface area contributed by atoms with Gasteiger partial charge >= 0.3 is 5.97 Å². The Bertz CT molecular complexity index is 285. The van der Waals surface area contributed by atoms with Crippen LogP contribution in [0.3, 0.4) is 0 Å². The largest absolute Gasteiger partial charge is 0.445 e. The average Bonchev–Trinajstić information content (AvgIpc) is 2.37. The van der Waals surface area contributed by atoms with Crippen LogP contribution < -0.4 is 11.1 Å². The molecule has 0 aliphatic carbocycles. The molecular formula is C12H24N2O5. The lowest BCUT2D eigenvalue weighted by atomic mass is 10.2. The lowest BCUT2D eigenvalue weighted by Gasteiger charge is -2.19. The molecule has 3 atom stereocenters. The minimum Gasteiger partial charge on any atom is -0.445 e. The molecule has 7 nitrogen and oxygen atoms in total. The summed E-state index contributed by atoms with van der Waals surface area (Å²) in [6, 6.07) is 0.